The van der Waals surface area contributed by atoms with Crippen molar-refractivity contribution in [1.29, 1.82) is 0 Å². The van der Waals surface area contributed by atoms with Crippen LogP contribution in [0.5, 0.6) is 5.75 Å². The molecule has 1 aromatic rings. The molecule has 1 saturated heterocycles. The van der Waals surface area contributed by atoms with Gasteiger partial charge in [-0.05, 0) is 36.5 Å². The third-order valence-corrected chi connectivity index (χ3v) is 4.81. The smallest absolute Gasteiger partial charge is 0.243 e. The largest absolute Gasteiger partial charge is 0.497 e. The van der Waals surface area contributed by atoms with Crippen molar-refractivity contribution in [3.63, 3.8) is 0 Å². The van der Waals surface area contributed by atoms with Crippen molar-refractivity contribution in [2.45, 2.75) is 19.8 Å². The normalized spacial score (nSPS) is 17.2. The summed E-state index contributed by atoms with van der Waals surface area (Å²) < 4.78 is 10.6. The minimum Gasteiger partial charge on any atom is -0.497 e. The summed E-state index contributed by atoms with van der Waals surface area (Å²) in [5, 5.41) is 6.75. The molecule has 0 radical (unpaired) electrons. The van der Waals surface area contributed by atoms with E-state index in [4.69, 9.17) is 9.47 Å². The van der Waals surface area contributed by atoms with Crippen LogP contribution in [0.3, 0.4) is 0 Å². The molecule has 1 amide bonds. The summed E-state index contributed by atoms with van der Waals surface area (Å²) in [6, 6.07) is 8.16. The van der Waals surface area contributed by atoms with Crippen LogP contribution in [0.4, 0.5) is 0 Å². The van der Waals surface area contributed by atoms with Crippen LogP contribution in [0.1, 0.15) is 18.9 Å². The number of carbonyl (C=O) groups is 1. The lowest BCUT2D eigenvalue weighted by Crippen LogP contribution is -2.42. The summed E-state index contributed by atoms with van der Waals surface area (Å²) in [5.41, 5.74) is 1.27. The Hall–Kier alpha value is -1.55. The van der Waals surface area contributed by atoms with E-state index in [9.17, 15) is 4.79 Å². The predicted octanol–water partition coefficient (Wildman–Crippen LogP) is 2.15. The molecule has 0 aromatic heterocycles. The third kappa shape index (κ3) is 9.66. The van der Waals surface area contributed by atoms with Crippen LogP contribution in [-0.2, 0) is 16.0 Å². The number of amides is 1. The van der Waals surface area contributed by atoms with E-state index in [1.165, 1.54) is 5.56 Å². The SMILES string of the molecule is COc1ccc(CC(C)CNC(=NCC(=O)N(C)C)NCC2CCOC2)cc1.I. The van der Waals surface area contributed by atoms with Gasteiger partial charge in [0.25, 0.3) is 0 Å². The molecule has 2 N–H and O–H groups in total. The topological polar surface area (TPSA) is 75.2 Å². The molecule has 0 saturated carbocycles. The van der Waals surface area contributed by atoms with Crippen molar-refractivity contribution in [2.75, 3.05) is 54.1 Å². The van der Waals surface area contributed by atoms with Gasteiger partial charge in [0.1, 0.15) is 12.3 Å². The van der Waals surface area contributed by atoms with E-state index in [-0.39, 0.29) is 36.4 Å². The summed E-state index contributed by atoms with van der Waals surface area (Å²) in [5.74, 6) is 2.45. The number of hydrogen-bond acceptors (Lipinski definition) is 4. The molecule has 2 rings (SSSR count). The molecule has 1 aromatic carbocycles. The molecule has 0 spiro atoms. The third-order valence-electron chi connectivity index (χ3n) is 4.81. The molecule has 1 fully saturated rings. The maximum Gasteiger partial charge on any atom is 0.243 e. The maximum atomic E-state index is 11.9. The van der Waals surface area contributed by atoms with Gasteiger partial charge in [-0.15, -0.1) is 24.0 Å². The Bertz CT molecular complexity index is 631. The lowest BCUT2D eigenvalue weighted by Gasteiger charge is -2.18. The Kier molecular flexibility index (Phi) is 12.0. The predicted molar refractivity (Wildman–Crippen MR) is 127 cm³/mol. The number of methoxy groups -OCH3 is 1. The van der Waals surface area contributed by atoms with Crippen molar-refractivity contribution >= 4 is 35.8 Å². The van der Waals surface area contributed by atoms with E-state index >= 15 is 0 Å². The number of halogens is 1. The first kappa shape index (κ1) is 25.5. The summed E-state index contributed by atoms with van der Waals surface area (Å²) in [7, 11) is 5.16. The molecule has 8 heteroatoms. The van der Waals surface area contributed by atoms with E-state index in [2.05, 4.69) is 34.7 Å². The molecule has 29 heavy (non-hydrogen) atoms. The highest BCUT2D eigenvalue weighted by Gasteiger charge is 2.16. The van der Waals surface area contributed by atoms with Crippen molar-refractivity contribution in [2.24, 2.45) is 16.8 Å². The minimum absolute atomic E-state index is 0. The number of aliphatic imine (C=N–C) groups is 1. The zero-order valence-corrected chi connectivity index (χ0v) is 20.3. The summed E-state index contributed by atoms with van der Waals surface area (Å²) in [4.78, 5) is 17.9. The van der Waals surface area contributed by atoms with E-state index in [0.29, 0.717) is 17.8 Å². The van der Waals surface area contributed by atoms with Crippen molar-refractivity contribution in [3.05, 3.63) is 29.8 Å². The summed E-state index contributed by atoms with van der Waals surface area (Å²) in [6.07, 6.45) is 2.02. The summed E-state index contributed by atoms with van der Waals surface area (Å²) >= 11 is 0. The molecule has 0 bridgehead atoms. The van der Waals surface area contributed by atoms with E-state index in [0.717, 1.165) is 44.9 Å². The molecule has 1 aliphatic rings. The van der Waals surface area contributed by atoms with Gasteiger partial charge in [-0.2, -0.15) is 0 Å². The van der Waals surface area contributed by atoms with E-state index in [1.807, 2.05) is 12.1 Å². The number of ether oxygens (including phenoxy) is 2. The number of carbonyl (C=O) groups excluding carboxylic acids is 1. The Morgan fingerprint density at radius 3 is 2.62 bits per heavy atom. The lowest BCUT2D eigenvalue weighted by molar-refractivity contribution is -0.127. The molecule has 2 unspecified atom stereocenters. The first-order valence-corrected chi connectivity index (χ1v) is 9.91. The Labute approximate surface area is 191 Å². The highest BCUT2D eigenvalue weighted by molar-refractivity contribution is 14.0. The highest BCUT2D eigenvalue weighted by atomic mass is 127. The Morgan fingerprint density at radius 2 is 2.03 bits per heavy atom. The van der Waals surface area contributed by atoms with E-state index < -0.39 is 0 Å². The fourth-order valence-electron chi connectivity index (χ4n) is 2.95. The fourth-order valence-corrected chi connectivity index (χ4v) is 2.95. The van der Waals surface area contributed by atoms with Gasteiger partial charge in [0.05, 0.1) is 13.7 Å². The van der Waals surface area contributed by atoms with Crippen LogP contribution >= 0.6 is 24.0 Å². The summed E-state index contributed by atoms with van der Waals surface area (Å²) in [6.45, 7) is 5.51. The molecular weight excluding hydrogens is 483 g/mol. The van der Waals surface area contributed by atoms with Crippen LogP contribution in [0, 0.1) is 11.8 Å². The number of benzene rings is 1. The fraction of sp³-hybridized carbons (Fsp3) is 0.619. The number of likely N-dealkylation sites (N-methyl/N-ethyl adjacent to an activating group) is 1. The number of guanidine groups is 1. The average Bonchev–Trinajstić information content (AvgIpc) is 3.21. The molecule has 1 aliphatic heterocycles. The molecule has 0 aliphatic carbocycles. The van der Waals surface area contributed by atoms with Gasteiger partial charge in [-0.25, -0.2) is 4.99 Å². The second kappa shape index (κ2) is 13.6. The van der Waals surface area contributed by atoms with Crippen LogP contribution in [0.25, 0.3) is 0 Å². The minimum atomic E-state index is -0.0171. The van der Waals surface area contributed by atoms with Gasteiger partial charge in [-0.1, -0.05) is 19.1 Å². The van der Waals surface area contributed by atoms with Crippen molar-refractivity contribution < 1.29 is 14.3 Å². The molecule has 164 valence electrons. The molecular formula is C21H35IN4O3. The van der Waals surface area contributed by atoms with Crippen molar-refractivity contribution in [3.8, 4) is 5.75 Å². The van der Waals surface area contributed by atoms with Gasteiger partial charge >= 0.3 is 0 Å². The Balaban J connectivity index is 0.00000420. The van der Waals surface area contributed by atoms with Gasteiger partial charge in [-0.3, -0.25) is 4.79 Å². The van der Waals surface area contributed by atoms with Gasteiger partial charge < -0.3 is 25.0 Å². The zero-order chi connectivity index (χ0) is 20.4. The van der Waals surface area contributed by atoms with E-state index in [1.54, 1.807) is 26.1 Å². The van der Waals surface area contributed by atoms with Crippen LogP contribution in [0.15, 0.2) is 29.3 Å². The Morgan fingerprint density at radius 1 is 1.31 bits per heavy atom. The molecule has 7 nitrogen and oxygen atoms in total. The standard InChI is InChI=1S/C21H34N4O3.HI/c1-16(11-17-5-7-19(27-4)8-6-17)12-22-21(24-14-20(26)25(2)3)23-13-18-9-10-28-15-18;/h5-8,16,18H,9-15H2,1-4H3,(H2,22,23,24);1H. The van der Waals surface area contributed by atoms with Crippen molar-refractivity contribution in [1.82, 2.24) is 15.5 Å². The highest BCUT2D eigenvalue weighted by Crippen LogP contribution is 2.14. The second-order valence-electron chi connectivity index (χ2n) is 7.60. The second-order valence-corrected chi connectivity index (χ2v) is 7.60. The number of hydrogen-bond donors (Lipinski definition) is 2. The molecule has 1 heterocycles. The number of rotatable bonds is 9. The first-order valence-electron chi connectivity index (χ1n) is 9.91. The maximum absolute atomic E-state index is 11.9. The zero-order valence-electron chi connectivity index (χ0n) is 17.9. The first-order chi connectivity index (χ1) is 13.5. The average molecular weight is 518 g/mol. The lowest BCUT2D eigenvalue weighted by atomic mass is 10.0. The van der Waals surface area contributed by atoms with Crippen LogP contribution in [0.2, 0.25) is 0 Å². The van der Waals surface area contributed by atoms with Crippen LogP contribution in [-0.4, -0.2) is 70.8 Å². The van der Waals surface area contributed by atoms with Gasteiger partial charge in [0.2, 0.25) is 5.91 Å². The number of nitrogens with one attached hydrogen (secondary N) is 2. The monoisotopic (exact) mass is 518 g/mol. The van der Waals surface area contributed by atoms with Gasteiger partial charge in [0, 0.05) is 39.7 Å². The van der Waals surface area contributed by atoms with Crippen LogP contribution < -0.4 is 15.4 Å². The van der Waals surface area contributed by atoms with Gasteiger partial charge in [0.15, 0.2) is 5.96 Å². The molecule has 2 atom stereocenters. The quantitative estimate of drug-likeness (QED) is 0.298. The number of nitrogens with zero attached hydrogens (tertiary/aromatic N) is 2.